The van der Waals surface area contributed by atoms with Crippen molar-refractivity contribution in [2.45, 2.75) is 6.42 Å². The highest BCUT2D eigenvalue weighted by Gasteiger charge is 2.04. The van der Waals surface area contributed by atoms with E-state index in [1.54, 1.807) is 12.4 Å². The van der Waals surface area contributed by atoms with Gasteiger partial charge in [-0.15, -0.1) is 0 Å². The molecule has 0 aromatic carbocycles. The van der Waals surface area contributed by atoms with Crippen molar-refractivity contribution in [1.29, 1.82) is 0 Å². The van der Waals surface area contributed by atoms with E-state index in [9.17, 15) is 0 Å². The Morgan fingerprint density at radius 1 is 1.14 bits per heavy atom. The minimum atomic E-state index is 0.408. The number of fused-ring (bicyclic) bond motifs is 1. The van der Waals surface area contributed by atoms with E-state index >= 15 is 0 Å². The lowest BCUT2D eigenvalue weighted by Crippen LogP contribution is -2.12. The van der Waals surface area contributed by atoms with Crippen molar-refractivity contribution in [3.8, 4) is 17.1 Å². The fourth-order valence-corrected chi connectivity index (χ4v) is 2.05. The van der Waals surface area contributed by atoms with Gasteiger partial charge in [-0.1, -0.05) is 0 Å². The van der Waals surface area contributed by atoms with Crippen molar-refractivity contribution in [1.82, 2.24) is 25.3 Å². The predicted molar refractivity (Wildman–Crippen MR) is 81.2 cm³/mol. The largest absolute Gasteiger partial charge is 0.463 e. The van der Waals surface area contributed by atoms with Crippen LogP contribution in [0.1, 0.15) is 6.42 Å². The third-order valence-electron chi connectivity index (χ3n) is 3.16. The molecule has 3 aromatic rings. The van der Waals surface area contributed by atoms with Crippen molar-refractivity contribution in [2.24, 2.45) is 0 Å². The Kier molecular flexibility index (Phi) is 4.07. The Bertz CT molecular complexity index is 707. The van der Waals surface area contributed by atoms with Gasteiger partial charge < -0.3 is 15.0 Å². The molecule has 6 heteroatoms. The van der Waals surface area contributed by atoms with Crippen LogP contribution in [0.3, 0.4) is 0 Å². The molecule has 21 heavy (non-hydrogen) atoms. The van der Waals surface area contributed by atoms with Crippen LogP contribution in [0.15, 0.2) is 36.9 Å². The zero-order valence-corrected chi connectivity index (χ0v) is 11.8. The van der Waals surface area contributed by atoms with E-state index in [1.807, 2.05) is 25.5 Å². The van der Waals surface area contributed by atoms with Crippen molar-refractivity contribution in [3.05, 3.63) is 36.9 Å². The molecule has 0 radical (unpaired) electrons. The highest BCUT2D eigenvalue weighted by atomic mass is 16.5. The minimum Gasteiger partial charge on any atom is -0.463 e. The van der Waals surface area contributed by atoms with E-state index in [0.29, 0.717) is 12.6 Å². The van der Waals surface area contributed by atoms with Gasteiger partial charge in [0, 0.05) is 41.3 Å². The van der Waals surface area contributed by atoms with Crippen LogP contribution in [0.5, 0.6) is 6.01 Å². The molecule has 0 saturated heterocycles. The van der Waals surface area contributed by atoms with Crippen molar-refractivity contribution >= 4 is 11.0 Å². The number of nitrogens with zero attached hydrogens (tertiary/aromatic N) is 3. The molecule has 3 rings (SSSR count). The number of pyridine rings is 1. The molecule has 3 aromatic heterocycles. The maximum Gasteiger partial charge on any atom is 0.316 e. The summed E-state index contributed by atoms with van der Waals surface area (Å²) in [6, 6.07) is 4.46. The lowest BCUT2D eigenvalue weighted by atomic mass is 10.1. The summed E-state index contributed by atoms with van der Waals surface area (Å²) in [4.78, 5) is 15.9. The maximum atomic E-state index is 5.47. The van der Waals surface area contributed by atoms with Crippen molar-refractivity contribution in [2.75, 3.05) is 20.2 Å². The third kappa shape index (κ3) is 3.17. The summed E-state index contributed by atoms with van der Waals surface area (Å²) in [6.07, 6.45) is 8.13. The van der Waals surface area contributed by atoms with E-state index in [4.69, 9.17) is 4.74 Å². The molecule has 0 fully saturated rings. The highest BCUT2D eigenvalue weighted by molar-refractivity contribution is 5.80. The average molecular weight is 283 g/mol. The van der Waals surface area contributed by atoms with Crippen LogP contribution in [-0.4, -0.2) is 40.1 Å². The Labute approximate surface area is 122 Å². The number of ether oxygens (including phenoxy) is 1. The zero-order valence-electron chi connectivity index (χ0n) is 11.8. The van der Waals surface area contributed by atoms with Gasteiger partial charge in [0.05, 0.1) is 6.61 Å². The van der Waals surface area contributed by atoms with Gasteiger partial charge in [-0.3, -0.25) is 0 Å². The number of hydrogen-bond acceptors (Lipinski definition) is 5. The minimum absolute atomic E-state index is 0.408. The Morgan fingerprint density at radius 3 is 2.76 bits per heavy atom. The van der Waals surface area contributed by atoms with E-state index in [-0.39, 0.29) is 0 Å². The molecule has 0 amide bonds. The monoisotopic (exact) mass is 283 g/mol. The first kappa shape index (κ1) is 13.5. The molecule has 0 aliphatic heterocycles. The van der Waals surface area contributed by atoms with Crippen LogP contribution in [0.4, 0.5) is 0 Å². The standard InChI is InChI=1S/C15H17N5O/c1-16-4-2-6-21-15-19-9-13(10-20-15)12-7-11-3-5-17-14(11)18-8-12/h3,5,7-10,16H,2,4,6H2,1H3,(H,17,18). The molecular formula is C15H17N5O. The lowest BCUT2D eigenvalue weighted by molar-refractivity contribution is 0.286. The second kappa shape index (κ2) is 6.32. The number of H-pyrrole nitrogens is 1. The Balaban J connectivity index is 1.71. The Morgan fingerprint density at radius 2 is 1.95 bits per heavy atom. The summed E-state index contributed by atoms with van der Waals surface area (Å²) >= 11 is 0. The molecular weight excluding hydrogens is 266 g/mol. The van der Waals surface area contributed by atoms with Gasteiger partial charge in [0.15, 0.2) is 0 Å². The molecule has 0 aliphatic carbocycles. The molecule has 0 bridgehead atoms. The van der Waals surface area contributed by atoms with E-state index < -0.39 is 0 Å². The van der Waals surface area contributed by atoms with Gasteiger partial charge in [0.25, 0.3) is 0 Å². The number of aromatic amines is 1. The SMILES string of the molecule is CNCCCOc1ncc(-c2cnc3[nH]ccc3c2)cn1. The van der Waals surface area contributed by atoms with Crippen LogP contribution in [0.25, 0.3) is 22.2 Å². The van der Waals surface area contributed by atoms with Crippen LogP contribution in [-0.2, 0) is 0 Å². The van der Waals surface area contributed by atoms with Crippen LogP contribution < -0.4 is 10.1 Å². The Hall–Kier alpha value is -2.47. The zero-order chi connectivity index (χ0) is 14.5. The summed E-state index contributed by atoms with van der Waals surface area (Å²) in [5, 5.41) is 4.14. The van der Waals surface area contributed by atoms with Gasteiger partial charge in [-0.25, -0.2) is 15.0 Å². The third-order valence-corrected chi connectivity index (χ3v) is 3.16. The average Bonchev–Trinajstić information content (AvgIpc) is 3.00. The normalized spacial score (nSPS) is 10.9. The number of rotatable bonds is 6. The fourth-order valence-electron chi connectivity index (χ4n) is 2.05. The first-order valence-corrected chi connectivity index (χ1v) is 6.90. The molecule has 0 atom stereocenters. The highest BCUT2D eigenvalue weighted by Crippen LogP contribution is 2.21. The maximum absolute atomic E-state index is 5.47. The summed E-state index contributed by atoms with van der Waals surface area (Å²) < 4.78 is 5.47. The first-order chi connectivity index (χ1) is 10.4. The second-order valence-electron chi connectivity index (χ2n) is 4.70. The van der Waals surface area contributed by atoms with Crippen molar-refractivity contribution in [3.63, 3.8) is 0 Å². The van der Waals surface area contributed by atoms with Gasteiger partial charge in [-0.05, 0) is 32.1 Å². The van der Waals surface area contributed by atoms with Crippen molar-refractivity contribution < 1.29 is 4.74 Å². The fraction of sp³-hybridized carbons (Fsp3) is 0.267. The van der Waals surface area contributed by atoms with Gasteiger partial charge in [0.2, 0.25) is 0 Å². The quantitative estimate of drug-likeness (QED) is 0.677. The molecule has 0 spiro atoms. The molecule has 0 saturated carbocycles. The molecule has 0 unspecified atom stereocenters. The molecule has 2 N–H and O–H groups in total. The van der Waals surface area contributed by atoms with Crippen LogP contribution in [0, 0.1) is 0 Å². The number of aromatic nitrogens is 4. The van der Waals surface area contributed by atoms with Gasteiger partial charge in [0.1, 0.15) is 5.65 Å². The van der Waals surface area contributed by atoms with E-state index in [1.165, 1.54) is 0 Å². The molecule has 0 aliphatic rings. The summed E-state index contributed by atoms with van der Waals surface area (Å²) in [6.45, 7) is 1.53. The summed E-state index contributed by atoms with van der Waals surface area (Å²) in [7, 11) is 1.92. The van der Waals surface area contributed by atoms with Gasteiger partial charge in [-0.2, -0.15) is 0 Å². The van der Waals surface area contributed by atoms with Gasteiger partial charge >= 0.3 is 6.01 Å². The second-order valence-corrected chi connectivity index (χ2v) is 4.70. The number of nitrogens with one attached hydrogen (secondary N) is 2. The van der Waals surface area contributed by atoms with E-state index in [0.717, 1.165) is 35.1 Å². The molecule has 6 nitrogen and oxygen atoms in total. The first-order valence-electron chi connectivity index (χ1n) is 6.90. The summed E-state index contributed by atoms with van der Waals surface area (Å²) in [5.41, 5.74) is 2.79. The van der Waals surface area contributed by atoms with Crippen LogP contribution in [0.2, 0.25) is 0 Å². The van der Waals surface area contributed by atoms with E-state index in [2.05, 4.69) is 31.3 Å². The topological polar surface area (TPSA) is 75.7 Å². The van der Waals surface area contributed by atoms with Crippen LogP contribution >= 0.6 is 0 Å². The molecule has 108 valence electrons. The molecule has 3 heterocycles. The lowest BCUT2D eigenvalue weighted by Gasteiger charge is -2.05. The number of hydrogen-bond donors (Lipinski definition) is 2. The summed E-state index contributed by atoms with van der Waals surface area (Å²) in [5.74, 6) is 0. The predicted octanol–water partition coefficient (Wildman–Crippen LogP) is 2.01. The smallest absolute Gasteiger partial charge is 0.316 e.